The van der Waals surface area contributed by atoms with Gasteiger partial charge in [-0.25, -0.2) is 4.68 Å². The molecular formula is C14H16N4O3. The second-order valence-electron chi connectivity index (χ2n) is 4.93. The van der Waals surface area contributed by atoms with Crippen LogP contribution in [0, 0.1) is 0 Å². The molecule has 0 aliphatic rings. The Morgan fingerprint density at radius 3 is 2.52 bits per heavy atom. The first kappa shape index (κ1) is 14.7. The summed E-state index contributed by atoms with van der Waals surface area (Å²) in [6.45, 7) is 3.86. The van der Waals surface area contributed by atoms with Crippen LogP contribution in [0.15, 0.2) is 30.5 Å². The molecule has 0 fully saturated rings. The van der Waals surface area contributed by atoms with Crippen molar-refractivity contribution in [2.24, 2.45) is 0 Å². The third kappa shape index (κ3) is 3.88. The summed E-state index contributed by atoms with van der Waals surface area (Å²) in [5.74, 6) is -0.720. The minimum atomic E-state index is -1.03. The lowest BCUT2D eigenvalue weighted by Gasteiger charge is -2.06. The molecule has 0 aliphatic carbocycles. The molecule has 0 radical (unpaired) electrons. The highest BCUT2D eigenvalue weighted by Gasteiger charge is 2.10. The Hall–Kier alpha value is -2.70. The highest BCUT2D eigenvalue weighted by atomic mass is 16.4. The molecule has 0 bridgehead atoms. The van der Waals surface area contributed by atoms with Crippen LogP contribution in [0.2, 0.25) is 0 Å². The zero-order chi connectivity index (χ0) is 15.4. The fourth-order valence-electron chi connectivity index (χ4n) is 1.78. The van der Waals surface area contributed by atoms with Crippen molar-refractivity contribution in [1.82, 2.24) is 15.0 Å². The second kappa shape index (κ2) is 6.17. The molecule has 1 aromatic heterocycles. The summed E-state index contributed by atoms with van der Waals surface area (Å²) in [4.78, 5) is 22.6. The van der Waals surface area contributed by atoms with E-state index in [0.29, 0.717) is 11.5 Å². The third-order valence-corrected chi connectivity index (χ3v) is 2.92. The first-order chi connectivity index (χ1) is 9.95. The number of hydrogen-bond donors (Lipinski definition) is 2. The average Bonchev–Trinajstić information content (AvgIpc) is 2.85. The lowest BCUT2D eigenvalue weighted by Crippen LogP contribution is -2.12. The van der Waals surface area contributed by atoms with Crippen LogP contribution in [-0.2, 0) is 11.3 Å². The fraction of sp³-hybridized carbons (Fsp3) is 0.286. The molecule has 1 amide bonds. The van der Waals surface area contributed by atoms with Crippen molar-refractivity contribution in [3.8, 4) is 0 Å². The van der Waals surface area contributed by atoms with Crippen molar-refractivity contribution in [3.63, 3.8) is 0 Å². The zero-order valence-corrected chi connectivity index (χ0v) is 11.8. The number of nitrogens with zero attached hydrogens (tertiary/aromatic N) is 3. The molecule has 0 saturated carbocycles. The van der Waals surface area contributed by atoms with E-state index < -0.39 is 5.97 Å². The number of anilines is 1. The van der Waals surface area contributed by atoms with Gasteiger partial charge < -0.3 is 10.4 Å². The number of benzene rings is 1. The molecule has 2 aromatic rings. The van der Waals surface area contributed by atoms with E-state index >= 15 is 0 Å². The molecule has 0 aliphatic heterocycles. The van der Waals surface area contributed by atoms with Crippen molar-refractivity contribution in [2.45, 2.75) is 26.3 Å². The summed E-state index contributed by atoms with van der Waals surface area (Å²) in [5.41, 5.74) is 1.66. The van der Waals surface area contributed by atoms with E-state index in [9.17, 15) is 9.59 Å². The van der Waals surface area contributed by atoms with Gasteiger partial charge in [0.2, 0.25) is 0 Å². The van der Waals surface area contributed by atoms with Gasteiger partial charge in [-0.15, -0.1) is 5.10 Å². The molecule has 0 spiro atoms. The highest BCUT2D eigenvalue weighted by molar-refractivity contribution is 6.03. The van der Waals surface area contributed by atoms with E-state index in [4.69, 9.17) is 5.11 Å². The van der Waals surface area contributed by atoms with Crippen molar-refractivity contribution in [2.75, 3.05) is 5.32 Å². The van der Waals surface area contributed by atoms with Crippen molar-refractivity contribution in [3.05, 3.63) is 41.6 Å². The molecule has 1 aromatic carbocycles. The predicted molar refractivity (Wildman–Crippen MR) is 76.1 cm³/mol. The fourth-order valence-corrected chi connectivity index (χ4v) is 1.78. The van der Waals surface area contributed by atoms with Gasteiger partial charge >= 0.3 is 5.97 Å². The van der Waals surface area contributed by atoms with E-state index in [1.54, 1.807) is 12.1 Å². The molecule has 110 valence electrons. The van der Waals surface area contributed by atoms with E-state index in [2.05, 4.69) is 29.5 Å². The number of aliphatic carboxylic acids is 1. The Bertz CT molecular complexity index is 646. The van der Waals surface area contributed by atoms with Gasteiger partial charge in [-0.05, 0) is 23.6 Å². The predicted octanol–water partition coefficient (Wildman–Crippen LogP) is 1.74. The second-order valence-corrected chi connectivity index (χ2v) is 4.93. The Morgan fingerprint density at radius 1 is 1.29 bits per heavy atom. The SMILES string of the molecule is CC(C)c1ccc(C(=O)Nc2cn(CC(=O)O)nn2)cc1. The number of carboxylic acids is 1. The number of carboxylic acid groups (broad SMARTS) is 1. The molecule has 0 atom stereocenters. The number of rotatable bonds is 5. The van der Waals surface area contributed by atoms with Crippen LogP contribution in [-0.4, -0.2) is 32.0 Å². The molecule has 2 rings (SSSR count). The minimum Gasteiger partial charge on any atom is -0.480 e. The number of carbonyl (C=O) groups excluding carboxylic acids is 1. The first-order valence-electron chi connectivity index (χ1n) is 6.49. The van der Waals surface area contributed by atoms with Gasteiger partial charge in [0, 0.05) is 5.56 Å². The van der Waals surface area contributed by atoms with Crippen LogP contribution < -0.4 is 5.32 Å². The maximum Gasteiger partial charge on any atom is 0.325 e. The summed E-state index contributed by atoms with van der Waals surface area (Å²) in [6, 6.07) is 7.29. The topological polar surface area (TPSA) is 97.1 Å². The van der Waals surface area contributed by atoms with Crippen molar-refractivity contribution >= 4 is 17.7 Å². The average molecular weight is 288 g/mol. The molecule has 0 unspecified atom stereocenters. The lowest BCUT2D eigenvalue weighted by atomic mass is 10.0. The summed E-state index contributed by atoms with van der Waals surface area (Å²) in [6.07, 6.45) is 1.37. The normalized spacial score (nSPS) is 10.6. The molecule has 1 heterocycles. The van der Waals surface area contributed by atoms with Crippen LogP contribution in [0.5, 0.6) is 0 Å². The van der Waals surface area contributed by atoms with Crippen LogP contribution in [0.3, 0.4) is 0 Å². The molecule has 7 nitrogen and oxygen atoms in total. The smallest absolute Gasteiger partial charge is 0.325 e. The van der Waals surface area contributed by atoms with Crippen LogP contribution in [0.25, 0.3) is 0 Å². The van der Waals surface area contributed by atoms with Crippen LogP contribution in [0.1, 0.15) is 35.7 Å². The molecule has 7 heteroatoms. The van der Waals surface area contributed by atoms with E-state index in [1.165, 1.54) is 6.20 Å². The van der Waals surface area contributed by atoms with Gasteiger partial charge in [-0.1, -0.05) is 31.2 Å². The van der Waals surface area contributed by atoms with E-state index in [1.807, 2.05) is 12.1 Å². The van der Waals surface area contributed by atoms with Crippen LogP contribution in [0.4, 0.5) is 5.82 Å². The number of amides is 1. The monoisotopic (exact) mass is 288 g/mol. The van der Waals surface area contributed by atoms with Gasteiger partial charge in [-0.3, -0.25) is 9.59 Å². The minimum absolute atomic E-state index is 0.217. The Balaban J connectivity index is 2.03. The van der Waals surface area contributed by atoms with Gasteiger partial charge in [-0.2, -0.15) is 0 Å². The number of carbonyl (C=O) groups is 2. The quantitative estimate of drug-likeness (QED) is 0.873. The molecule has 2 N–H and O–H groups in total. The van der Waals surface area contributed by atoms with E-state index in [-0.39, 0.29) is 18.3 Å². The Kier molecular flexibility index (Phi) is 4.32. The zero-order valence-electron chi connectivity index (χ0n) is 11.8. The Labute approximate surface area is 121 Å². The summed E-state index contributed by atoms with van der Waals surface area (Å²) in [5, 5.41) is 18.5. The molecular weight excluding hydrogens is 272 g/mol. The molecule has 0 saturated heterocycles. The third-order valence-electron chi connectivity index (χ3n) is 2.92. The number of aromatic nitrogens is 3. The van der Waals surface area contributed by atoms with E-state index in [0.717, 1.165) is 10.2 Å². The lowest BCUT2D eigenvalue weighted by molar-refractivity contribution is -0.137. The van der Waals surface area contributed by atoms with Crippen molar-refractivity contribution in [1.29, 1.82) is 0 Å². The van der Waals surface area contributed by atoms with Gasteiger partial charge in [0.25, 0.3) is 5.91 Å². The number of nitrogens with one attached hydrogen (secondary N) is 1. The standard InChI is InChI=1S/C14H16N4O3/c1-9(2)10-3-5-11(6-4-10)14(21)15-12-7-18(17-16-12)8-13(19)20/h3-7,9H,8H2,1-2H3,(H,15,21)(H,19,20). The summed E-state index contributed by atoms with van der Waals surface area (Å²) < 4.78 is 1.14. The highest BCUT2D eigenvalue weighted by Crippen LogP contribution is 2.15. The van der Waals surface area contributed by atoms with Gasteiger partial charge in [0.15, 0.2) is 5.82 Å². The van der Waals surface area contributed by atoms with Gasteiger partial charge in [0.1, 0.15) is 6.54 Å². The first-order valence-corrected chi connectivity index (χ1v) is 6.49. The number of hydrogen-bond acceptors (Lipinski definition) is 4. The summed E-state index contributed by atoms with van der Waals surface area (Å²) >= 11 is 0. The maximum absolute atomic E-state index is 12.0. The van der Waals surface area contributed by atoms with Crippen LogP contribution >= 0.6 is 0 Å². The summed E-state index contributed by atoms with van der Waals surface area (Å²) in [7, 11) is 0. The molecule has 21 heavy (non-hydrogen) atoms. The Morgan fingerprint density at radius 2 is 1.95 bits per heavy atom. The van der Waals surface area contributed by atoms with Crippen molar-refractivity contribution < 1.29 is 14.7 Å². The maximum atomic E-state index is 12.0. The largest absolute Gasteiger partial charge is 0.480 e. The van der Waals surface area contributed by atoms with Gasteiger partial charge in [0.05, 0.1) is 6.20 Å².